The molecule has 234 valence electrons. The van der Waals surface area contributed by atoms with Crippen LogP contribution in [0.2, 0.25) is 0 Å². The van der Waals surface area contributed by atoms with Crippen LogP contribution in [0.1, 0.15) is 0 Å². The van der Waals surface area contributed by atoms with Crippen LogP contribution in [0, 0.1) is 0 Å². The maximum Gasteiger partial charge on any atom is 0.266 e. The minimum absolute atomic E-state index is 0.135. The summed E-state index contributed by atoms with van der Waals surface area (Å²) in [7, 11) is 0. The van der Waals surface area contributed by atoms with Crippen molar-refractivity contribution in [1.82, 2.24) is 24.3 Å². The molecule has 0 N–H and O–H groups in total. The molecule has 11 aromatic rings. The van der Waals surface area contributed by atoms with E-state index in [9.17, 15) is 4.79 Å². The van der Waals surface area contributed by atoms with Crippen molar-refractivity contribution in [2.45, 2.75) is 0 Å². The van der Waals surface area contributed by atoms with Gasteiger partial charge in [0.05, 0.1) is 16.4 Å². The molecule has 5 aromatic heterocycles. The monoisotopic (exact) mass is 663 g/mol. The topological polar surface area (TPSA) is 99.3 Å². The molecule has 6 aromatic carbocycles. The molecule has 0 spiro atoms. The van der Waals surface area contributed by atoms with Crippen LogP contribution in [0.15, 0.2) is 141 Å². The van der Waals surface area contributed by atoms with E-state index in [2.05, 4.69) is 12.1 Å². The molecule has 0 saturated heterocycles. The van der Waals surface area contributed by atoms with E-state index in [1.807, 2.05) is 115 Å². The summed E-state index contributed by atoms with van der Waals surface area (Å²) in [6.07, 6.45) is 0. The molecule has 5 heterocycles. The number of para-hydroxylation sites is 4. The normalized spacial score (nSPS) is 12.1. The van der Waals surface area contributed by atoms with Crippen LogP contribution in [-0.2, 0) is 0 Å². The van der Waals surface area contributed by atoms with Crippen LogP contribution < -0.4 is 5.56 Å². The van der Waals surface area contributed by atoms with Crippen molar-refractivity contribution < 1.29 is 8.83 Å². The van der Waals surface area contributed by atoms with Crippen molar-refractivity contribution in [3.05, 3.63) is 138 Å². The first-order valence-corrected chi connectivity index (χ1v) is 16.9. The quantitative estimate of drug-likeness (QED) is 0.185. The molecular weight excluding hydrogens is 643 g/mol. The lowest BCUT2D eigenvalue weighted by molar-refractivity contribution is 0.668. The van der Waals surface area contributed by atoms with Gasteiger partial charge >= 0.3 is 0 Å². The molecule has 0 bridgehead atoms. The van der Waals surface area contributed by atoms with Crippen LogP contribution >= 0.6 is 11.3 Å². The van der Waals surface area contributed by atoms with E-state index < -0.39 is 0 Å². The van der Waals surface area contributed by atoms with Gasteiger partial charge in [-0.05, 0) is 66.7 Å². The highest BCUT2D eigenvalue weighted by Crippen LogP contribution is 2.35. The first-order chi connectivity index (χ1) is 24.6. The average molecular weight is 664 g/mol. The molecule has 0 aliphatic carbocycles. The first kappa shape index (κ1) is 27.3. The predicted molar refractivity (Wildman–Crippen MR) is 199 cm³/mol. The van der Waals surface area contributed by atoms with E-state index in [-0.39, 0.29) is 5.56 Å². The van der Waals surface area contributed by atoms with E-state index >= 15 is 0 Å². The summed E-state index contributed by atoms with van der Waals surface area (Å²) in [5.74, 6) is 1.41. The Kier molecular flexibility index (Phi) is 5.53. The second-order valence-electron chi connectivity index (χ2n) is 12.3. The minimum atomic E-state index is -0.135. The van der Waals surface area contributed by atoms with E-state index in [1.54, 1.807) is 4.40 Å². The maximum absolute atomic E-state index is 14.0. The molecule has 50 heavy (non-hydrogen) atoms. The maximum atomic E-state index is 14.0. The number of aromatic nitrogens is 5. The van der Waals surface area contributed by atoms with E-state index in [0.717, 1.165) is 70.7 Å². The van der Waals surface area contributed by atoms with Crippen molar-refractivity contribution in [1.29, 1.82) is 0 Å². The smallest absolute Gasteiger partial charge is 0.266 e. The van der Waals surface area contributed by atoms with Gasteiger partial charge < -0.3 is 8.83 Å². The summed E-state index contributed by atoms with van der Waals surface area (Å²) < 4.78 is 15.0. The zero-order chi connectivity index (χ0) is 32.9. The zero-order valence-corrected chi connectivity index (χ0v) is 26.8. The van der Waals surface area contributed by atoms with E-state index in [4.69, 9.17) is 28.8 Å². The summed E-state index contributed by atoms with van der Waals surface area (Å²) in [4.78, 5) is 34.3. The standard InChI is InChI=1S/C41H21N5O3S/c47-40-29-19-22(15-18-36(29)50-41-42-30-9-3-4-10-31(30)46(40)41)37-43-38(23-13-16-27-25-7-1-5-11-32(25)48-34(27)20-23)45-39(44-37)24-14-17-28-26-8-2-6-12-33(26)49-35(28)21-24/h1-21H. The number of benzene rings is 6. The summed E-state index contributed by atoms with van der Waals surface area (Å²) in [6.45, 7) is 0. The Balaban J connectivity index is 1.13. The van der Waals surface area contributed by atoms with Gasteiger partial charge in [0, 0.05) is 42.9 Å². The molecule has 0 aliphatic rings. The fraction of sp³-hybridized carbons (Fsp3) is 0. The van der Waals surface area contributed by atoms with Gasteiger partial charge in [0.2, 0.25) is 0 Å². The Labute approximate surface area is 285 Å². The zero-order valence-electron chi connectivity index (χ0n) is 26.0. The van der Waals surface area contributed by atoms with E-state index in [1.165, 1.54) is 11.3 Å². The molecular formula is C41H21N5O3S. The summed E-state index contributed by atoms with van der Waals surface area (Å²) >= 11 is 1.48. The van der Waals surface area contributed by atoms with Crippen LogP contribution in [0.3, 0.4) is 0 Å². The lowest BCUT2D eigenvalue weighted by atomic mass is 10.1. The van der Waals surface area contributed by atoms with Gasteiger partial charge in [-0.25, -0.2) is 24.3 Å². The second-order valence-corrected chi connectivity index (χ2v) is 13.3. The van der Waals surface area contributed by atoms with Crippen LogP contribution in [0.25, 0.3) is 104 Å². The van der Waals surface area contributed by atoms with Gasteiger partial charge in [0.1, 0.15) is 22.3 Å². The number of hydrogen-bond donors (Lipinski definition) is 0. The third kappa shape index (κ3) is 4.01. The van der Waals surface area contributed by atoms with Crippen LogP contribution in [0.4, 0.5) is 0 Å². The van der Waals surface area contributed by atoms with Gasteiger partial charge in [-0.3, -0.25) is 4.79 Å². The molecule has 0 atom stereocenters. The largest absolute Gasteiger partial charge is 0.456 e. The summed E-state index contributed by atoms with van der Waals surface area (Å²) in [5, 5.41) is 4.71. The summed E-state index contributed by atoms with van der Waals surface area (Å²) in [5.41, 5.74) is 6.83. The molecule has 0 unspecified atom stereocenters. The van der Waals surface area contributed by atoms with Crippen LogP contribution in [-0.4, -0.2) is 24.3 Å². The third-order valence-electron chi connectivity index (χ3n) is 9.31. The number of imidazole rings is 1. The van der Waals surface area contributed by atoms with Gasteiger partial charge in [-0.1, -0.05) is 72.0 Å². The van der Waals surface area contributed by atoms with Gasteiger partial charge in [0.25, 0.3) is 5.56 Å². The first-order valence-electron chi connectivity index (χ1n) is 16.1. The number of hydrogen-bond acceptors (Lipinski definition) is 8. The lowest BCUT2D eigenvalue weighted by Gasteiger charge is -2.09. The Bertz CT molecular complexity index is 3130. The fourth-order valence-electron chi connectivity index (χ4n) is 6.91. The Hall–Kier alpha value is -6.71. The number of furan rings is 2. The van der Waals surface area contributed by atoms with Gasteiger partial charge in [-0.15, -0.1) is 0 Å². The number of nitrogens with zero attached hydrogens (tertiary/aromatic N) is 5. The number of fused-ring (bicyclic) bond motifs is 10. The van der Waals surface area contributed by atoms with Crippen LogP contribution in [0.5, 0.6) is 0 Å². The second kappa shape index (κ2) is 10.1. The molecule has 0 aliphatic heterocycles. The number of rotatable bonds is 3. The summed E-state index contributed by atoms with van der Waals surface area (Å²) in [6, 6.07) is 41.5. The van der Waals surface area contributed by atoms with Crippen molar-refractivity contribution >= 4 is 81.3 Å². The van der Waals surface area contributed by atoms with Crippen molar-refractivity contribution in [3.63, 3.8) is 0 Å². The average Bonchev–Trinajstić information content (AvgIpc) is 3.85. The minimum Gasteiger partial charge on any atom is -0.456 e. The highest BCUT2D eigenvalue weighted by atomic mass is 32.1. The van der Waals surface area contributed by atoms with Crippen molar-refractivity contribution in [2.24, 2.45) is 0 Å². The highest BCUT2D eigenvalue weighted by molar-refractivity contribution is 7.23. The molecule has 9 heteroatoms. The predicted octanol–water partition coefficient (Wildman–Crippen LogP) is 10.0. The van der Waals surface area contributed by atoms with Gasteiger partial charge in [0.15, 0.2) is 22.4 Å². The third-order valence-corrected chi connectivity index (χ3v) is 10.3. The van der Waals surface area contributed by atoms with Crippen molar-refractivity contribution in [2.75, 3.05) is 0 Å². The Morgan fingerprint density at radius 3 is 1.64 bits per heavy atom. The van der Waals surface area contributed by atoms with E-state index in [0.29, 0.717) is 33.4 Å². The molecule has 11 rings (SSSR count). The fourth-order valence-corrected chi connectivity index (χ4v) is 7.91. The molecule has 0 saturated carbocycles. The lowest BCUT2D eigenvalue weighted by Crippen LogP contribution is -2.11. The molecule has 0 fully saturated rings. The van der Waals surface area contributed by atoms with Gasteiger partial charge in [-0.2, -0.15) is 0 Å². The molecule has 8 nitrogen and oxygen atoms in total. The molecule has 0 amide bonds. The Morgan fingerprint density at radius 1 is 0.480 bits per heavy atom. The highest BCUT2D eigenvalue weighted by Gasteiger charge is 2.18. The SMILES string of the molecule is O=c1c2cc(-c3nc(-c4ccc5c(c4)oc4ccccc45)nc(-c4ccc5c(c4)oc4ccccc45)n3)ccc2sc2nc3ccccc3n12. The van der Waals surface area contributed by atoms with Crippen molar-refractivity contribution in [3.8, 4) is 34.2 Å². The molecule has 0 radical (unpaired) electrons. The Morgan fingerprint density at radius 2 is 1.00 bits per heavy atom.